The van der Waals surface area contributed by atoms with E-state index in [1.807, 2.05) is 0 Å². The zero-order chi connectivity index (χ0) is 22.3. The van der Waals surface area contributed by atoms with Gasteiger partial charge in [-0.1, -0.05) is 12.1 Å². The van der Waals surface area contributed by atoms with Crippen molar-refractivity contribution in [3.05, 3.63) is 58.6 Å². The monoisotopic (exact) mass is 431 g/mol. The van der Waals surface area contributed by atoms with E-state index in [2.05, 4.69) is 9.72 Å². The van der Waals surface area contributed by atoms with Gasteiger partial charge < -0.3 is 9.64 Å². The Labute approximate surface area is 166 Å². The summed E-state index contributed by atoms with van der Waals surface area (Å²) in [6.07, 6.45) is -8.18. The van der Waals surface area contributed by atoms with Crippen LogP contribution in [0.1, 0.15) is 5.69 Å². The number of fused-ring (bicyclic) bond motifs is 1. The number of halogens is 6. The first kappa shape index (κ1) is 21.5. The summed E-state index contributed by atoms with van der Waals surface area (Å²) in [4.78, 5) is 18.1. The van der Waals surface area contributed by atoms with Crippen LogP contribution in [0.5, 0.6) is 5.75 Å². The molecule has 0 fully saturated rings. The average molecular weight is 431 g/mol. The molecule has 0 unspecified atom stereocenters. The number of hydrogen-bond acceptors (Lipinski definition) is 4. The minimum atomic E-state index is -4.93. The Morgan fingerprint density at radius 1 is 1.03 bits per heavy atom. The number of hydrogen-bond donors (Lipinski definition) is 0. The molecule has 5 nitrogen and oxygen atoms in total. The van der Waals surface area contributed by atoms with Gasteiger partial charge in [0, 0.05) is 32.0 Å². The molecule has 0 bridgehead atoms. The fraction of sp³-hybridized carbons (Fsp3) is 0.263. The number of rotatable bonds is 4. The molecule has 1 aromatic carbocycles. The van der Waals surface area contributed by atoms with Gasteiger partial charge in [-0.05, 0) is 23.8 Å². The molecule has 3 aromatic rings. The van der Waals surface area contributed by atoms with Crippen molar-refractivity contribution in [2.24, 2.45) is 0 Å². The number of pyridine rings is 1. The van der Waals surface area contributed by atoms with E-state index in [4.69, 9.17) is 0 Å². The predicted octanol–water partition coefficient (Wildman–Crippen LogP) is 4.39. The van der Waals surface area contributed by atoms with Gasteiger partial charge in [0.1, 0.15) is 11.4 Å². The molecular formula is C19H15F6N3O2. The Hall–Kier alpha value is -3.24. The van der Waals surface area contributed by atoms with Gasteiger partial charge >= 0.3 is 12.4 Å². The van der Waals surface area contributed by atoms with Crippen molar-refractivity contribution in [3.8, 4) is 16.9 Å². The van der Waals surface area contributed by atoms with Gasteiger partial charge in [-0.2, -0.15) is 26.3 Å². The number of nitrogens with zero attached hydrogens (tertiary/aromatic N) is 3. The summed E-state index contributed by atoms with van der Waals surface area (Å²) in [5.41, 5.74) is -2.83. The van der Waals surface area contributed by atoms with Crippen molar-refractivity contribution in [2.45, 2.75) is 12.4 Å². The molecule has 0 spiro atoms. The van der Waals surface area contributed by atoms with Crippen LogP contribution >= 0.6 is 0 Å². The van der Waals surface area contributed by atoms with Crippen LogP contribution in [0.4, 0.5) is 32.0 Å². The molecule has 0 saturated heterocycles. The highest BCUT2D eigenvalue weighted by atomic mass is 19.4. The third-order valence-corrected chi connectivity index (χ3v) is 4.14. The fourth-order valence-electron chi connectivity index (χ4n) is 2.75. The van der Waals surface area contributed by atoms with Crippen molar-refractivity contribution in [1.82, 2.24) is 9.38 Å². The lowest BCUT2D eigenvalue weighted by Gasteiger charge is -2.16. The molecule has 0 aliphatic rings. The van der Waals surface area contributed by atoms with Crippen molar-refractivity contribution >= 4 is 11.3 Å². The second kappa shape index (κ2) is 7.54. The highest BCUT2D eigenvalue weighted by molar-refractivity contribution is 5.69. The largest absolute Gasteiger partial charge is 0.484 e. The van der Waals surface area contributed by atoms with Gasteiger partial charge in [-0.25, -0.2) is 4.98 Å². The van der Waals surface area contributed by atoms with Crippen LogP contribution in [0.25, 0.3) is 16.8 Å². The van der Waals surface area contributed by atoms with Crippen LogP contribution in [-0.2, 0) is 6.18 Å². The third-order valence-electron chi connectivity index (χ3n) is 4.14. The zero-order valence-corrected chi connectivity index (χ0v) is 15.7. The molecule has 0 N–H and O–H groups in total. The quantitative estimate of drug-likeness (QED) is 0.575. The number of ether oxygens (including phenoxy) is 1. The highest BCUT2D eigenvalue weighted by Crippen LogP contribution is 2.35. The molecule has 0 radical (unpaired) electrons. The summed E-state index contributed by atoms with van der Waals surface area (Å²) in [5, 5.41) is 0. The molecule has 0 atom stereocenters. The second-order valence-corrected chi connectivity index (χ2v) is 6.57. The summed E-state index contributed by atoms with van der Waals surface area (Å²) in [7, 11) is 3.37. The SMILES string of the molecule is CN(C)c1ccn2c(=O)c(-c3ccc(OCC(F)(F)F)cc3)c(C(F)(F)F)nc2c1. The number of alkyl halides is 6. The predicted molar refractivity (Wildman–Crippen MR) is 97.8 cm³/mol. The third kappa shape index (κ3) is 4.50. The normalized spacial score (nSPS) is 12.3. The van der Waals surface area contributed by atoms with Crippen LogP contribution in [0.3, 0.4) is 0 Å². The van der Waals surface area contributed by atoms with E-state index < -0.39 is 35.8 Å². The van der Waals surface area contributed by atoms with E-state index in [0.29, 0.717) is 5.69 Å². The van der Waals surface area contributed by atoms with E-state index in [1.54, 1.807) is 25.1 Å². The van der Waals surface area contributed by atoms with E-state index in [0.717, 1.165) is 28.7 Å². The minimum absolute atomic E-state index is 0.148. The summed E-state index contributed by atoms with van der Waals surface area (Å²) in [6, 6.07) is 7.17. The summed E-state index contributed by atoms with van der Waals surface area (Å²) in [5.74, 6) is -0.200. The molecule has 0 amide bonds. The second-order valence-electron chi connectivity index (χ2n) is 6.57. The van der Waals surface area contributed by atoms with Crippen molar-refractivity contribution in [2.75, 3.05) is 25.6 Å². The lowest BCUT2D eigenvalue weighted by Crippen LogP contribution is -2.24. The molecule has 11 heteroatoms. The molecule has 0 aliphatic heterocycles. The minimum Gasteiger partial charge on any atom is -0.484 e. The van der Waals surface area contributed by atoms with Crippen molar-refractivity contribution < 1.29 is 31.1 Å². The first-order valence-electron chi connectivity index (χ1n) is 8.48. The van der Waals surface area contributed by atoms with Crippen molar-refractivity contribution in [1.29, 1.82) is 0 Å². The smallest absolute Gasteiger partial charge is 0.434 e. The molecule has 0 saturated carbocycles. The fourth-order valence-corrected chi connectivity index (χ4v) is 2.75. The Balaban J connectivity index is 2.13. The molecule has 160 valence electrons. The lowest BCUT2D eigenvalue weighted by atomic mass is 10.0. The molecule has 3 rings (SSSR count). The number of anilines is 1. The van der Waals surface area contributed by atoms with Crippen molar-refractivity contribution in [3.63, 3.8) is 0 Å². The Morgan fingerprint density at radius 2 is 1.67 bits per heavy atom. The molecule has 30 heavy (non-hydrogen) atoms. The first-order valence-corrected chi connectivity index (χ1v) is 8.48. The van der Waals surface area contributed by atoms with Gasteiger partial charge in [0.15, 0.2) is 12.3 Å². The number of aromatic nitrogens is 2. The van der Waals surface area contributed by atoms with Crippen LogP contribution in [-0.4, -0.2) is 36.3 Å². The maximum atomic E-state index is 13.7. The topological polar surface area (TPSA) is 46.8 Å². The van der Waals surface area contributed by atoms with Crippen LogP contribution in [0.2, 0.25) is 0 Å². The first-order chi connectivity index (χ1) is 13.9. The summed E-state index contributed by atoms with van der Waals surface area (Å²) >= 11 is 0. The van der Waals surface area contributed by atoms with Crippen LogP contribution in [0.15, 0.2) is 47.4 Å². The van der Waals surface area contributed by atoms with E-state index >= 15 is 0 Å². The maximum absolute atomic E-state index is 13.7. The zero-order valence-electron chi connectivity index (χ0n) is 15.7. The standard InChI is InChI=1S/C19H15F6N3O2/c1-27(2)12-7-8-28-14(9-12)26-16(19(23,24)25)15(17(28)29)11-3-5-13(6-4-11)30-10-18(20,21)22/h3-9H,10H2,1-2H3. The van der Waals surface area contributed by atoms with E-state index in [9.17, 15) is 31.1 Å². The van der Waals surface area contributed by atoms with E-state index in [1.165, 1.54) is 12.3 Å². The van der Waals surface area contributed by atoms with Crippen LogP contribution in [0, 0.1) is 0 Å². The van der Waals surface area contributed by atoms with Gasteiger partial charge in [0.2, 0.25) is 0 Å². The molecule has 2 heterocycles. The average Bonchev–Trinajstić information content (AvgIpc) is 2.65. The van der Waals surface area contributed by atoms with Gasteiger partial charge in [0.05, 0.1) is 5.56 Å². The maximum Gasteiger partial charge on any atom is 0.434 e. The highest BCUT2D eigenvalue weighted by Gasteiger charge is 2.38. The summed E-state index contributed by atoms with van der Waals surface area (Å²) in [6.45, 7) is -1.55. The Morgan fingerprint density at radius 3 is 2.20 bits per heavy atom. The van der Waals surface area contributed by atoms with Gasteiger partial charge in [-0.3, -0.25) is 9.20 Å². The Bertz CT molecular complexity index is 1120. The van der Waals surface area contributed by atoms with Gasteiger partial charge in [-0.15, -0.1) is 0 Å². The van der Waals surface area contributed by atoms with E-state index in [-0.39, 0.29) is 17.0 Å². The van der Waals surface area contributed by atoms with Crippen LogP contribution < -0.4 is 15.2 Å². The lowest BCUT2D eigenvalue weighted by molar-refractivity contribution is -0.153. The van der Waals surface area contributed by atoms with Gasteiger partial charge in [0.25, 0.3) is 5.56 Å². The summed E-state index contributed by atoms with van der Waals surface area (Å²) < 4.78 is 83.2. The number of benzene rings is 1. The Kier molecular flexibility index (Phi) is 5.40. The molecule has 2 aromatic heterocycles. The molecule has 0 aliphatic carbocycles. The molecular weight excluding hydrogens is 416 g/mol.